The van der Waals surface area contributed by atoms with Gasteiger partial charge in [-0.1, -0.05) is 6.92 Å². The molecule has 0 aliphatic carbocycles. The monoisotopic (exact) mass is 302 g/mol. The van der Waals surface area contributed by atoms with Gasteiger partial charge in [0.25, 0.3) is 5.56 Å². The van der Waals surface area contributed by atoms with Crippen LogP contribution in [0.3, 0.4) is 0 Å². The minimum atomic E-state index is 0.0278. The number of aryl methyl sites for hydroxylation is 3. The molecule has 0 unspecified atom stereocenters. The third kappa shape index (κ3) is 2.40. The van der Waals surface area contributed by atoms with Crippen molar-refractivity contribution in [3.05, 3.63) is 45.1 Å². The van der Waals surface area contributed by atoms with E-state index in [2.05, 4.69) is 30.0 Å². The summed E-state index contributed by atoms with van der Waals surface area (Å²) in [4.78, 5) is 16.9. The highest BCUT2D eigenvalue weighted by Gasteiger charge is 2.11. The highest BCUT2D eigenvalue weighted by molar-refractivity contribution is 7.17. The fourth-order valence-electron chi connectivity index (χ4n) is 2.44. The molecule has 0 fully saturated rings. The topological polar surface area (TPSA) is 52.7 Å². The fraction of sp³-hybridized carbons (Fsp3) is 0.400. The molecule has 3 aromatic heterocycles. The molecule has 3 aromatic rings. The Hall–Kier alpha value is -1.95. The standard InChI is InChI=1S/C15H18N4OS/c1-4-11-6-12(19(5-2)17-11)7-18-9-16-13-10(3)8-21-14(13)15(18)20/h6,8-9H,4-5,7H2,1-3H3. The molecule has 0 amide bonds. The Kier molecular flexibility index (Phi) is 3.63. The third-order valence-electron chi connectivity index (χ3n) is 3.63. The van der Waals surface area contributed by atoms with E-state index in [4.69, 9.17) is 0 Å². The molecule has 0 saturated heterocycles. The van der Waals surface area contributed by atoms with E-state index < -0.39 is 0 Å². The Morgan fingerprint density at radius 1 is 1.33 bits per heavy atom. The minimum Gasteiger partial charge on any atom is -0.292 e. The average molecular weight is 302 g/mol. The predicted octanol–water partition coefficient (Wildman–Crippen LogP) is 2.59. The zero-order chi connectivity index (χ0) is 15.0. The number of fused-ring (bicyclic) bond motifs is 1. The third-order valence-corrected chi connectivity index (χ3v) is 4.71. The van der Waals surface area contributed by atoms with Crippen LogP contribution in [0.1, 0.15) is 30.8 Å². The summed E-state index contributed by atoms with van der Waals surface area (Å²) in [6.07, 6.45) is 2.54. The van der Waals surface area contributed by atoms with Crippen LogP contribution in [0.15, 0.2) is 22.6 Å². The van der Waals surface area contributed by atoms with E-state index in [1.165, 1.54) is 11.3 Å². The van der Waals surface area contributed by atoms with Crippen molar-refractivity contribution in [1.29, 1.82) is 0 Å². The van der Waals surface area contributed by atoms with Gasteiger partial charge in [-0.15, -0.1) is 11.3 Å². The largest absolute Gasteiger partial charge is 0.292 e. The second-order valence-electron chi connectivity index (χ2n) is 5.07. The molecular formula is C15H18N4OS. The first-order valence-corrected chi connectivity index (χ1v) is 8.00. The van der Waals surface area contributed by atoms with E-state index in [0.717, 1.165) is 40.1 Å². The summed E-state index contributed by atoms with van der Waals surface area (Å²) in [5, 5.41) is 6.50. The number of hydrogen-bond acceptors (Lipinski definition) is 4. The van der Waals surface area contributed by atoms with Crippen LogP contribution >= 0.6 is 11.3 Å². The van der Waals surface area contributed by atoms with Crippen LogP contribution in [0.2, 0.25) is 0 Å². The van der Waals surface area contributed by atoms with Gasteiger partial charge in [-0.2, -0.15) is 5.10 Å². The van der Waals surface area contributed by atoms with Crippen molar-refractivity contribution in [1.82, 2.24) is 19.3 Å². The van der Waals surface area contributed by atoms with Gasteiger partial charge in [0, 0.05) is 6.54 Å². The Bertz CT molecular complexity index is 843. The Morgan fingerprint density at radius 2 is 2.14 bits per heavy atom. The number of hydrogen-bond donors (Lipinski definition) is 0. The lowest BCUT2D eigenvalue weighted by Crippen LogP contribution is -2.21. The molecule has 0 bridgehead atoms. The normalized spacial score (nSPS) is 11.4. The van der Waals surface area contributed by atoms with Crippen LogP contribution in [-0.4, -0.2) is 19.3 Å². The van der Waals surface area contributed by atoms with Crippen LogP contribution in [0.4, 0.5) is 0 Å². The molecule has 6 heteroatoms. The molecule has 0 aromatic carbocycles. The molecule has 3 rings (SSSR count). The number of thiophene rings is 1. The van der Waals surface area contributed by atoms with Crippen molar-refractivity contribution >= 4 is 21.6 Å². The molecule has 0 atom stereocenters. The maximum atomic E-state index is 12.5. The van der Waals surface area contributed by atoms with Crippen LogP contribution in [0.25, 0.3) is 10.2 Å². The molecule has 0 N–H and O–H groups in total. The van der Waals surface area contributed by atoms with Gasteiger partial charge in [-0.05, 0) is 37.3 Å². The number of rotatable bonds is 4. The summed E-state index contributed by atoms with van der Waals surface area (Å²) in [6, 6.07) is 2.07. The van der Waals surface area contributed by atoms with Crippen LogP contribution in [-0.2, 0) is 19.5 Å². The van der Waals surface area contributed by atoms with Gasteiger partial charge in [-0.25, -0.2) is 4.98 Å². The summed E-state index contributed by atoms with van der Waals surface area (Å²) in [6.45, 7) is 7.44. The summed E-state index contributed by atoms with van der Waals surface area (Å²) < 4.78 is 4.35. The van der Waals surface area contributed by atoms with Gasteiger partial charge < -0.3 is 0 Å². The Morgan fingerprint density at radius 3 is 2.86 bits per heavy atom. The SMILES string of the molecule is CCc1cc(Cn2cnc3c(C)csc3c2=O)n(CC)n1. The molecule has 3 heterocycles. The predicted molar refractivity (Wildman–Crippen MR) is 85.0 cm³/mol. The lowest BCUT2D eigenvalue weighted by atomic mass is 10.3. The van der Waals surface area contributed by atoms with Crippen molar-refractivity contribution < 1.29 is 0 Å². The van der Waals surface area contributed by atoms with Crippen molar-refractivity contribution in [3.8, 4) is 0 Å². The maximum Gasteiger partial charge on any atom is 0.271 e. The van der Waals surface area contributed by atoms with Gasteiger partial charge >= 0.3 is 0 Å². The second-order valence-corrected chi connectivity index (χ2v) is 5.95. The first kappa shape index (κ1) is 14.0. The molecule has 0 aliphatic rings. The molecule has 110 valence electrons. The quantitative estimate of drug-likeness (QED) is 0.744. The maximum absolute atomic E-state index is 12.5. The van der Waals surface area contributed by atoms with E-state index in [1.54, 1.807) is 10.9 Å². The first-order valence-electron chi connectivity index (χ1n) is 7.12. The fourth-order valence-corrected chi connectivity index (χ4v) is 3.39. The van der Waals surface area contributed by atoms with Gasteiger partial charge in [0.1, 0.15) is 4.70 Å². The summed E-state index contributed by atoms with van der Waals surface area (Å²) in [5.74, 6) is 0. The van der Waals surface area contributed by atoms with E-state index in [-0.39, 0.29) is 5.56 Å². The molecular weight excluding hydrogens is 284 g/mol. The Balaban J connectivity index is 2.04. The van der Waals surface area contributed by atoms with Gasteiger partial charge in [0.2, 0.25) is 0 Å². The number of nitrogens with zero attached hydrogens (tertiary/aromatic N) is 4. The van der Waals surface area contributed by atoms with Crippen LogP contribution in [0.5, 0.6) is 0 Å². The van der Waals surface area contributed by atoms with Crippen molar-refractivity contribution in [2.75, 3.05) is 0 Å². The summed E-state index contributed by atoms with van der Waals surface area (Å²) in [5.41, 5.74) is 4.01. The van der Waals surface area contributed by atoms with Gasteiger partial charge in [0.15, 0.2) is 0 Å². The lowest BCUT2D eigenvalue weighted by Gasteiger charge is -2.07. The number of aromatic nitrogens is 4. The molecule has 21 heavy (non-hydrogen) atoms. The summed E-state index contributed by atoms with van der Waals surface area (Å²) in [7, 11) is 0. The van der Waals surface area contributed by atoms with Gasteiger partial charge in [0.05, 0.1) is 29.8 Å². The van der Waals surface area contributed by atoms with Gasteiger partial charge in [-0.3, -0.25) is 14.0 Å². The minimum absolute atomic E-state index is 0.0278. The van der Waals surface area contributed by atoms with E-state index in [9.17, 15) is 4.79 Å². The van der Waals surface area contributed by atoms with Crippen molar-refractivity contribution in [2.45, 2.75) is 40.3 Å². The Labute approximate surface area is 126 Å². The zero-order valence-electron chi connectivity index (χ0n) is 12.5. The zero-order valence-corrected chi connectivity index (χ0v) is 13.3. The van der Waals surface area contributed by atoms with Crippen LogP contribution < -0.4 is 5.56 Å². The van der Waals surface area contributed by atoms with Crippen LogP contribution in [0, 0.1) is 6.92 Å². The first-order chi connectivity index (χ1) is 10.1. The second kappa shape index (κ2) is 5.44. The van der Waals surface area contributed by atoms with Crippen molar-refractivity contribution in [2.24, 2.45) is 0 Å². The molecule has 0 aliphatic heterocycles. The molecule has 0 radical (unpaired) electrons. The average Bonchev–Trinajstić information content (AvgIpc) is 3.06. The highest BCUT2D eigenvalue weighted by Crippen LogP contribution is 2.19. The summed E-state index contributed by atoms with van der Waals surface area (Å²) >= 11 is 1.47. The van der Waals surface area contributed by atoms with E-state index in [0.29, 0.717) is 6.54 Å². The lowest BCUT2D eigenvalue weighted by molar-refractivity contribution is 0.588. The van der Waals surface area contributed by atoms with Crippen molar-refractivity contribution in [3.63, 3.8) is 0 Å². The van der Waals surface area contributed by atoms with E-state index >= 15 is 0 Å². The molecule has 0 spiro atoms. The highest BCUT2D eigenvalue weighted by atomic mass is 32.1. The molecule has 0 saturated carbocycles. The molecule has 5 nitrogen and oxygen atoms in total. The smallest absolute Gasteiger partial charge is 0.271 e. The van der Waals surface area contributed by atoms with E-state index in [1.807, 2.05) is 17.0 Å².